The Morgan fingerprint density at radius 3 is 2.42 bits per heavy atom. The fourth-order valence-corrected chi connectivity index (χ4v) is 9.46. The molecule has 4 rings (SSSR count). The van der Waals surface area contributed by atoms with Gasteiger partial charge in [-0.25, -0.2) is 0 Å². The minimum Gasteiger partial charge on any atom is -0.508 e. The molecular formula is C21H32O8P2. The van der Waals surface area contributed by atoms with Crippen LogP contribution >= 0.6 is 15.2 Å². The third-order valence-electron chi connectivity index (χ3n) is 8.41. The first kappa shape index (κ1) is 23.4. The third-order valence-corrected chi connectivity index (χ3v) is 12.3. The second-order valence-corrected chi connectivity index (χ2v) is 14.0. The van der Waals surface area contributed by atoms with Crippen LogP contribution in [0.2, 0.25) is 0 Å². The summed E-state index contributed by atoms with van der Waals surface area (Å²) in [4.78, 5) is 38.2. The fraction of sp³-hybridized carbons (Fsp3) is 0.714. The van der Waals surface area contributed by atoms with Gasteiger partial charge in [-0.05, 0) is 97.3 Å². The summed E-state index contributed by atoms with van der Waals surface area (Å²) in [6.07, 6.45) is 3.60. The van der Waals surface area contributed by atoms with Crippen LogP contribution in [0.25, 0.3) is 0 Å². The SMILES string of the molecule is C[C@]12CC[C@@H]3c4ccc(O)cc4CC(CCC(P(=O)(O)O)P(=O)(O)O)[C@H]3[C@@H]1CC[C@@H]2O. The van der Waals surface area contributed by atoms with Crippen LogP contribution in [0, 0.1) is 23.2 Å². The lowest BCUT2D eigenvalue weighted by molar-refractivity contribution is -0.0395. The summed E-state index contributed by atoms with van der Waals surface area (Å²) in [5, 5.41) is 18.7. The highest BCUT2D eigenvalue weighted by molar-refractivity contribution is 7.70. The van der Waals surface area contributed by atoms with Crippen LogP contribution in [0.15, 0.2) is 18.2 Å². The molecule has 10 heteroatoms. The molecule has 1 aromatic rings. The van der Waals surface area contributed by atoms with Gasteiger partial charge in [-0.1, -0.05) is 13.0 Å². The summed E-state index contributed by atoms with van der Waals surface area (Å²) in [5.41, 5.74) is 1.97. The van der Waals surface area contributed by atoms with Gasteiger partial charge < -0.3 is 29.8 Å². The van der Waals surface area contributed by atoms with Crippen LogP contribution in [-0.2, 0) is 15.6 Å². The first-order chi connectivity index (χ1) is 14.3. The van der Waals surface area contributed by atoms with Crippen molar-refractivity contribution in [2.45, 2.75) is 69.3 Å². The number of phenols is 1. The van der Waals surface area contributed by atoms with E-state index in [2.05, 4.69) is 6.92 Å². The van der Waals surface area contributed by atoms with E-state index in [0.29, 0.717) is 6.42 Å². The molecule has 8 nitrogen and oxygen atoms in total. The molecule has 31 heavy (non-hydrogen) atoms. The van der Waals surface area contributed by atoms with Crippen molar-refractivity contribution in [3.05, 3.63) is 29.3 Å². The van der Waals surface area contributed by atoms with E-state index in [4.69, 9.17) is 0 Å². The number of phenolic OH excluding ortho intramolecular Hbond substituents is 1. The molecule has 0 saturated heterocycles. The molecule has 0 heterocycles. The number of fused-ring (bicyclic) bond motifs is 5. The van der Waals surface area contributed by atoms with Crippen LogP contribution in [0.5, 0.6) is 5.75 Å². The Morgan fingerprint density at radius 2 is 1.77 bits per heavy atom. The van der Waals surface area contributed by atoms with Gasteiger partial charge in [0.05, 0.1) is 6.10 Å². The smallest absolute Gasteiger partial charge is 0.340 e. The van der Waals surface area contributed by atoms with Crippen molar-refractivity contribution in [3.63, 3.8) is 0 Å². The maximum absolute atomic E-state index is 11.8. The number of aliphatic hydroxyl groups excluding tert-OH is 1. The Hall–Kier alpha value is -0.720. The van der Waals surface area contributed by atoms with Crippen LogP contribution in [0.3, 0.4) is 0 Å². The quantitative estimate of drug-likeness (QED) is 0.355. The predicted molar refractivity (Wildman–Crippen MR) is 115 cm³/mol. The highest BCUT2D eigenvalue weighted by Gasteiger charge is 2.57. The number of benzene rings is 1. The van der Waals surface area contributed by atoms with Crippen LogP contribution in [0.4, 0.5) is 0 Å². The van der Waals surface area contributed by atoms with E-state index in [9.17, 15) is 38.9 Å². The Bertz CT molecular complexity index is 917. The number of aromatic hydroxyl groups is 1. The van der Waals surface area contributed by atoms with Crippen LogP contribution in [-0.4, -0.2) is 41.3 Å². The van der Waals surface area contributed by atoms with E-state index >= 15 is 0 Å². The first-order valence-corrected chi connectivity index (χ1v) is 14.3. The van der Waals surface area contributed by atoms with E-state index in [1.165, 1.54) is 5.56 Å². The molecule has 3 aliphatic carbocycles. The molecule has 0 aliphatic heterocycles. The van der Waals surface area contributed by atoms with E-state index in [1.807, 2.05) is 6.07 Å². The molecule has 1 unspecified atom stereocenters. The Kier molecular flexibility index (Phi) is 6.01. The molecule has 2 fully saturated rings. The number of aliphatic hydroxyl groups is 1. The van der Waals surface area contributed by atoms with Gasteiger partial charge in [-0.2, -0.15) is 0 Å². The summed E-state index contributed by atoms with van der Waals surface area (Å²) < 4.78 is 23.6. The van der Waals surface area contributed by atoms with Crippen molar-refractivity contribution in [1.82, 2.24) is 0 Å². The minimum absolute atomic E-state index is 0.0326. The van der Waals surface area contributed by atoms with Gasteiger partial charge in [-0.3, -0.25) is 9.13 Å². The standard InChI is InChI=1S/C21H32O8P2/c1-21-9-8-16-15-4-3-14(22)11-13(15)10-12(20(16)17(21)5-6-18(21)23)2-7-19(30(24,25)26)31(27,28)29/h3-4,11-12,16-20,22-23H,2,5-10H2,1H3,(H2,24,25,26)(H2,27,28,29)/t12?,16-,17+,18+,20-,21+/m1/s1. The van der Waals surface area contributed by atoms with Crippen molar-refractivity contribution in [2.75, 3.05) is 0 Å². The maximum atomic E-state index is 11.8. The zero-order chi connectivity index (χ0) is 22.8. The van der Waals surface area contributed by atoms with Gasteiger partial charge in [0.2, 0.25) is 0 Å². The topological polar surface area (TPSA) is 156 Å². The number of rotatable bonds is 5. The maximum Gasteiger partial charge on any atom is 0.340 e. The molecule has 0 aromatic heterocycles. The van der Waals surface area contributed by atoms with Gasteiger partial charge in [0.25, 0.3) is 0 Å². The summed E-state index contributed by atoms with van der Waals surface area (Å²) in [7, 11) is -9.93. The molecule has 0 amide bonds. The zero-order valence-electron chi connectivity index (χ0n) is 17.5. The van der Waals surface area contributed by atoms with Crippen molar-refractivity contribution in [3.8, 4) is 5.75 Å². The Balaban J connectivity index is 1.68. The lowest BCUT2D eigenvalue weighted by Gasteiger charge is -2.53. The van der Waals surface area contributed by atoms with E-state index < -0.39 is 20.6 Å². The Morgan fingerprint density at radius 1 is 1.10 bits per heavy atom. The van der Waals surface area contributed by atoms with Crippen molar-refractivity contribution >= 4 is 15.2 Å². The van der Waals surface area contributed by atoms with Gasteiger partial charge in [0.15, 0.2) is 5.40 Å². The second kappa shape index (κ2) is 7.95. The molecule has 6 N–H and O–H groups in total. The molecule has 0 radical (unpaired) electrons. The fourth-order valence-electron chi connectivity index (χ4n) is 6.93. The van der Waals surface area contributed by atoms with Crippen LogP contribution < -0.4 is 0 Å². The molecule has 3 aliphatic rings. The molecule has 1 aromatic carbocycles. The van der Waals surface area contributed by atoms with E-state index in [0.717, 1.165) is 31.2 Å². The lowest BCUT2D eigenvalue weighted by Crippen LogP contribution is -2.47. The zero-order valence-corrected chi connectivity index (χ0v) is 19.3. The van der Waals surface area contributed by atoms with Crippen molar-refractivity contribution < 1.29 is 38.9 Å². The number of hydrogen-bond donors (Lipinski definition) is 6. The Labute approximate surface area is 182 Å². The van der Waals surface area contributed by atoms with Crippen molar-refractivity contribution in [2.24, 2.45) is 23.2 Å². The molecule has 6 atom stereocenters. The molecule has 174 valence electrons. The summed E-state index contributed by atoms with van der Waals surface area (Å²) in [6.45, 7) is 2.13. The second-order valence-electron chi connectivity index (χ2n) is 10.0. The summed E-state index contributed by atoms with van der Waals surface area (Å²) in [5.74, 6) is 0.756. The van der Waals surface area contributed by atoms with Gasteiger partial charge in [0, 0.05) is 0 Å². The van der Waals surface area contributed by atoms with Crippen LogP contribution in [0.1, 0.15) is 62.5 Å². The van der Waals surface area contributed by atoms with Crippen molar-refractivity contribution in [1.29, 1.82) is 0 Å². The summed E-state index contributed by atoms with van der Waals surface area (Å²) >= 11 is 0. The minimum atomic E-state index is -4.96. The number of hydrogen-bond acceptors (Lipinski definition) is 4. The van der Waals surface area contributed by atoms with E-state index in [-0.39, 0.29) is 53.8 Å². The predicted octanol–water partition coefficient (Wildman–Crippen LogP) is 3.30. The third kappa shape index (κ3) is 4.17. The molecule has 0 spiro atoms. The largest absolute Gasteiger partial charge is 0.508 e. The van der Waals surface area contributed by atoms with Gasteiger partial charge in [0.1, 0.15) is 5.75 Å². The summed E-state index contributed by atoms with van der Waals surface area (Å²) in [6, 6.07) is 5.38. The molecular weight excluding hydrogens is 442 g/mol. The normalized spacial score (nSPS) is 35.5. The highest BCUT2D eigenvalue weighted by Crippen LogP contribution is 2.65. The molecule has 2 saturated carbocycles. The van der Waals surface area contributed by atoms with E-state index in [1.54, 1.807) is 12.1 Å². The lowest BCUT2D eigenvalue weighted by atomic mass is 9.52. The molecule has 0 bridgehead atoms. The highest BCUT2D eigenvalue weighted by atomic mass is 31.2. The first-order valence-electron chi connectivity index (χ1n) is 10.9. The van der Waals surface area contributed by atoms with Gasteiger partial charge in [-0.15, -0.1) is 0 Å². The average Bonchev–Trinajstić information content (AvgIpc) is 2.94. The van der Waals surface area contributed by atoms with Gasteiger partial charge >= 0.3 is 15.2 Å². The monoisotopic (exact) mass is 474 g/mol. The average molecular weight is 474 g/mol.